The summed E-state index contributed by atoms with van der Waals surface area (Å²) in [4.78, 5) is 49.7. The predicted octanol–water partition coefficient (Wildman–Crippen LogP) is 4.34. The average Bonchev–Trinajstić information content (AvgIpc) is 3.05. The topological polar surface area (TPSA) is 111 Å². The van der Waals surface area contributed by atoms with Gasteiger partial charge in [0, 0.05) is 5.69 Å². The molecule has 0 aliphatic carbocycles. The number of ether oxygens (including phenoxy) is 3. The minimum Gasteiger partial charge on any atom is -0.495 e. The van der Waals surface area contributed by atoms with E-state index < -0.39 is 29.6 Å². The van der Waals surface area contributed by atoms with E-state index in [1.165, 1.54) is 26.4 Å². The lowest BCUT2D eigenvalue weighted by molar-refractivity contribution is -0.143. The molecule has 0 unspecified atom stereocenters. The molecule has 0 saturated carbocycles. The van der Waals surface area contributed by atoms with Gasteiger partial charge in [-0.3, -0.25) is 19.3 Å². The van der Waals surface area contributed by atoms with E-state index in [0.29, 0.717) is 32.2 Å². The molecule has 178 valence electrons. The van der Waals surface area contributed by atoms with Crippen molar-refractivity contribution < 1.29 is 33.4 Å². The number of benzene rings is 2. The molecular formula is C22H18BrClN2O7S. The molecule has 2 aromatic carbocycles. The Balaban J connectivity index is 1.65. The zero-order valence-electron chi connectivity index (χ0n) is 17.9. The molecule has 1 aliphatic rings. The molecule has 1 heterocycles. The Morgan fingerprint density at radius 3 is 2.53 bits per heavy atom. The van der Waals surface area contributed by atoms with Gasteiger partial charge in [-0.25, -0.2) is 4.79 Å². The third-order valence-electron chi connectivity index (χ3n) is 4.44. The van der Waals surface area contributed by atoms with Crippen molar-refractivity contribution in [3.8, 4) is 11.5 Å². The van der Waals surface area contributed by atoms with Gasteiger partial charge >= 0.3 is 5.97 Å². The summed E-state index contributed by atoms with van der Waals surface area (Å²) in [7, 11) is 2.73. The first-order valence-electron chi connectivity index (χ1n) is 9.59. The van der Waals surface area contributed by atoms with E-state index in [1.54, 1.807) is 30.3 Å². The minimum absolute atomic E-state index is 0.167. The highest BCUT2D eigenvalue weighted by Crippen LogP contribution is 2.34. The molecule has 1 saturated heterocycles. The van der Waals surface area contributed by atoms with Crippen LogP contribution in [0.15, 0.2) is 45.8 Å². The van der Waals surface area contributed by atoms with Gasteiger partial charge in [-0.15, -0.1) is 0 Å². The maximum absolute atomic E-state index is 12.7. The second kappa shape index (κ2) is 11.4. The molecule has 34 heavy (non-hydrogen) atoms. The number of carbonyl (C=O) groups is 4. The van der Waals surface area contributed by atoms with Crippen molar-refractivity contribution >= 4 is 74.1 Å². The van der Waals surface area contributed by atoms with Crippen LogP contribution >= 0.6 is 39.3 Å². The van der Waals surface area contributed by atoms with Crippen LogP contribution in [0.2, 0.25) is 5.02 Å². The van der Waals surface area contributed by atoms with E-state index in [4.69, 9.17) is 21.1 Å². The number of amides is 3. The molecule has 1 fully saturated rings. The quantitative estimate of drug-likeness (QED) is 0.369. The molecule has 3 amide bonds. The summed E-state index contributed by atoms with van der Waals surface area (Å²) in [5, 5.41) is 2.35. The SMILES string of the molecule is COC(=O)COc1ccc(/C=C2/SC(=O)N(CC(=O)Nc3ccc(OC)c(Cl)c3)C2=O)cc1Br. The summed E-state index contributed by atoms with van der Waals surface area (Å²) >= 11 is 10.1. The van der Waals surface area contributed by atoms with Gasteiger partial charge in [0.25, 0.3) is 11.1 Å². The Hall–Kier alpha value is -3.02. The van der Waals surface area contributed by atoms with Gasteiger partial charge in [0.2, 0.25) is 5.91 Å². The maximum atomic E-state index is 12.7. The summed E-state index contributed by atoms with van der Waals surface area (Å²) in [5.74, 6) is -0.806. The van der Waals surface area contributed by atoms with E-state index in [1.807, 2.05) is 0 Å². The van der Waals surface area contributed by atoms with Crippen molar-refractivity contribution in [2.24, 2.45) is 0 Å². The van der Waals surface area contributed by atoms with E-state index in [0.717, 1.165) is 16.7 Å². The number of nitrogens with one attached hydrogen (secondary N) is 1. The molecule has 0 radical (unpaired) electrons. The van der Waals surface area contributed by atoms with Crippen molar-refractivity contribution in [1.29, 1.82) is 0 Å². The summed E-state index contributed by atoms with van der Waals surface area (Å²) in [5.41, 5.74) is 1.01. The smallest absolute Gasteiger partial charge is 0.343 e. The summed E-state index contributed by atoms with van der Waals surface area (Å²) < 4.78 is 15.5. The summed E-state index contributed by atoms with van der Waals surface area (Å²) in [6.45, 7) is -0.701. The normalized spacial score (nSPS) is 14.4. The Morgan fingerprint density at radius 2 is 1.88 bits per heavy atom. The highest BCUT2D eigenvalue weighted by molar-refractivity contribution is 9.10. The molecular weight excluding hydrogens is 552 g/mol. The number of thioether (sulfide) groups is 1. The molecule has 0 aromatic heterocycles. The lowest BCUT2D eigenvalue weighted by Gasteiger charge is -2.13. The summed E-state index contributed by atoms with van der Waals surface area (Å²) in [6, 6.07) is 9.61. The van der Waals surface area contributed by atoms with Gasteiger partial charge in [0.05, 0.1) is 28.6 Å². The van der Waals surface area contributed by atoms with E-state index in [2.05, 4.69) is 26.0 Å². The molecule has 1 aliphatic heterocycles. The number of imide groups is 1. The number of nitrogens with zero attached hydrogens (tertiary/aromatic N) is 1. The van der Waals surface area contributed by atoms with Crippen LogP contribution in [0.4, 0.5) is 10.5 Å². The first kappa shape index (κ1) is 25.6. The molecule has 0 spiro atoms. The van der Waals surface area contributed by atoms with Crippen LogP contribution in [-0.4, -0.2) is 55.3 Å². The largest absolute Gasteiger partial charge is 0.495 e. The van der Waals surface area contributed by atoms with Crippen molar-refractivity contribution in [2.45, 2.75) is 0 Å². The molecule has 0 bridgehead atoms. The summed E-state index contributed by atoms with van der Waals surface area (Å²) in [6.07, 6.45) is 1.53. The Labute approximate surface area is 212 Å². The zero-order chi connectivity index (χ0) is 24.8. The molecule has 1 N–H and O–H groups in total. The number of rotatable bonds is 8. The number of carbonyl (C=O) groups excluding carboxylic acids is 4. The maximum Gasteiger partial charge on any atom is 0.343 e. The van der Waals surface area contributed by atoms with Crippen LogP contribution in [-0.2, 0) is 19.1 Å². The van der Waals surface area contributed by atoms with E-state index in [-0.39, 0.29) is 11.5 Å². The highest BCUT2D eigenvalue weighted by atomic mass is 79.9. The third kappa shape index (κ3) is 6.31. The lowest BCUT2D eigenvalue weighted by atomic mass is 10.2. The fraction of sp³-hybridized carbons (Fsp3) is 0.182. The van der Waals surface area contributed by atoms with Crippen LogP contribution < -0.4 is 14.8 Å². The fourth-order valence-electron chi connectivity index (χ4n) is 2.80. The molecule has 2 aromatic rings. The van der Waals surface area contributed by atoms with Gasteiger partial charge in [-0.1, -0.05) is 17.7 Å². The number of methoxy groups -OCH3 is 2. The minimum atomic E-state index is -0.583. The van der Waals surface area contributed by atoms with Crippen molar-refractivity contribution in [1.82, 2.24) is 4.90 Å². The number of hydrogen-bond donors (Lipinski definition) is 1. The molecule has 0 atom stereocenters. The van der Waals surface area contributed by atoms with Crippen molar-refractivity contribution in [2.75, 3.05) is 32.7 Å². The van der Waals surface area contributed by atoms with Crippen molar-refractivity contribution in [3.63, 3.8) is 0 Å². The second-order valence-corrected chi connectivity index (χ2v) is 8.97. The molecule has 9 nitrogen and oxygen atoms in total. The monoisotopic (exact) mass is 568 g/mol. The highest BCUT2D eigenvalue weighted by Gasteiger charge is 2.36. The van der Waals surface area contributed by atoms with Gasteiger partial charge < -0.3 is 19.5 Å². The average molecular weight is 570 g/mol. The van der Waals surface area contributed by atoms with Crippen LogP contribution in [0.1, 0.15) is 5.56 Å². The Morgan fingerprint density at radius 1 is 1.15 bits per heavy atom. The van der Waals surface area contributed by atoms with Crippen LogP contribution in [0, 0.1) is 0 Å². The number of anilines is 1. The predicted molar refractivity (Wildman–Crippen MR) is 131 cm³/mol. The van der Waals surface area contributed by atoms with Crippen LogP contribution in [0.25, 0.3) is 6.08 Å². The number of hydrogen-bond acceptors (Lipinski definition) is 8. The van der Waals surface area contributed by atoms with E-state index >= 15 is 0 Å². The van der Waals surface area contributed by atoms with Gasteiger partial charge in [-0.05, 0) is 69.7 Å². The zero-order valence-corrected chi connectivity index (χ0v) is 21.1. The number of halogens is 2. The second-order valence-electron chi connectivity index (χ2n) is 6.72. The standard InChI is InChI=1S/C22H18BrClN2O7S/c1-31-17-6-4-13(9-15(17)24)25-19(27)10-26-21(29)18(34-22(26)30)8-12-3-5-16(14(23)7-12)33-11-20(28)32-2/h3-9H,10-11H2,1-2H3,(H,25,27)/b18-8+. The van der Waals surface area contributed by atoms with Gasteiger partial charge in [-0.2, -0.15) is 0 Å². The first-order valence-corrected chi connectivity index (χ1v) is 11.6. The molecule has 3 rings (SSSR count). The van der Waals surface area contributed by atoms with Crippen molar-refractivity contribution in [3.05, 3.63) is 56.4 Å². The lowest BCUT2D eigenvalue weighted by Crippen LogP contribution is -2.36. The van der Waals surface area contributed by atoms with E-state index in [9.17, 15) is 19.2 Å². The first-order chi connectivity index (χ1) is 16.2. The van der Waals surface area contributed by atoms with Gasteiger partial charge in [0.1, 0.15) is 18.0 Å². The Bertz CT molecular complexity index is 1190. The van der Waals surface area contributed by atoms with Crippen LogP contribution in [0.3, 0.4) is 0 Å². The molecule has 12 heteroatoms. The number of esters is 1. The third-order valence-corrected chi connectivity index (χ3v) is 6.26. The fourth-order valence-corrected chi connectivity index (χ4v) is 4.40. The van der Waals surface area contributed by atoms with Crippen LogP contribution in [0.5, 0.6) is 11.5 Å². The van der Waals surface area contributed by atoms with Gasteiger partial charge in [0.15, 0.2) is 6.61 Å². The Kier molecular flexibility index (Phi) is 8.59.